The van der Waals surface area contributed by atoms with Crippen LogP contribution in [0.25, 0.3) is 0 Å². The van der Waals surface area contributed by atoms with Gasteiger partial charge in [-0.2, -0.15) is 0 Å². The monoisotopic (exact) mass is 917 g/mol. The van der Waals surface area contributed by atoms with E-state index in [0.717, 1.165) is 47.6 Å². The zero-order valence-electron chi connectivity index (χ0n) is 41.1. The fourth-order valence-electron chi connectivity index (χ4n) is 7.91. The fourth-order valence-corrected chi connectivity index (χ4v) is 9.37. The van der Waals surface area contributed by atoms with E-state index in [2.05, 4.69) is 114 Å². The van der Waals surface area contributed by atoms with Crippen LogP contribution < -0.4 is 18.1 Å². The lowest BCUT2D eigenvalue weighted by atomic mass is 9.85. The maximum absolute atomic E-state index is 8.86. The molecule has 0 bridgehead atoms. The topological polar surface area (TPSA) is 77.4 Å². The molecule has 4 aromatic rings. The van der Waals surface area contributed by atoms with Gasteiger partial charge in [-0.05, 0) is 91.8 Å². The zero-order chi connectivity index (χ0) is 46.3. The average molecular weight is 917 g/mol. The summed E-state index contributed by atoms with van der Waals surface area (Å²) in [6.07, 6.45) is 30.3. The molecule has 0 aliphatic carbocycles. The fraction of sp³-hybridized carbons (Fsp3) is 0.571. The molecule has 0 heterocycles. The lowest BCUT2D eigenvalue weighted by molar-refractivity contribution is 0.369. The first-order valence-electron chi connectivity index (χ1n) is 25.1. The van der Waals surface area contributed by atoms with Gasteiger partial charge in [0.25, 0.3) is 0 Å². The number of rotatable bonds is 32. The summed E-state index contributed by atoms with van der Waals surface area (Å²) >= 11 is 0. The molecular weight excluding hydrogens is 831 g/mol. The quantitative estimate of drug-likeness (QED) is 0.0375. The van der Waals surface area contributed by atoms with Gasteiger partial charge in [-0.1, -0.05) is 229 Å². The van der Waals surface area contributed by atoms with Crippen LogP contribution in [-0.2, 0) is 24.7 Å². The summed E-state index contributed by atoms with van der Waals surface area (Å²) in [5.41, 5.74) is 5.76. The minimum absolute atomic E-state index is 0.0767. The first-order chi connectivity index (χ1) is 31.0. The van der Waals surface area contributed by atoms with Crippen LogP contribution >= 0.6 is 17.2 Å². The predicted octanol–water partition coefficient (Wildman–Crippen LogP) is 18.2. The van der Waals surface area contributed by atoms with Crippen molar-refractivity contribution in [2.75, 3.05) is 0 Å². The van der Waals surface area contributed by atoms with Crippen LogP contribution in [0, 0.1) is 6.92 Å². The number of unbranched alkanes of at least 4 members (excludes halogenated alkanes) is 18. The first-order valence-corrected chi connectivity index (χ1v) is 27.4. The van der Waals surface area contributed by atoms with Crippen molar-refractivity contribution >= 4 is 17.2 Å². The molecule has 356 valence electrons. The van der Waals surface area contributed by atoms with E-state index in [4.69, 9.17) is 27.9 Å². The zero-order valence-corrected chi connectivity index (χ0v) is 42.8. The molecule has 0 saturated carbocycles. The average Bonchev–Trinajstić information content (AvgIpc) is 3.27. The molecule has 0 unspecified atom stereocenters. The van der Waals surface area contributed by atoms with Crippen LogP contribution in [0.1, 0.15) is 204 Å². The minimum Gasteiger partial charge on any atom is -0.427 e. The predicted molar refractivity (Wildman–Crippen MR) is 275 cm³/mol. The third kappa shape index (κ3) is 23.4. The highest BCUT2D eigenvalue weighted by atomic mass is 31.2. The Hall–Kier alpha value is -3.14. The molecule has 64 heavy (non-hydrogen) atoms. The Morgan fingerprint density at radius 3 is 1.06 bits per heavy atom. The maximum atomic E-state index is 8.86. The second kappa shape index (κ2) is 33.3. The van der Waals surface area contributed by atoms with Crippen molar-refractivity contribution in [1.82, 2.24) is 0 Å². The van der Waals surface area contributed by atoms with E-state index in [0.29, 0.717) is 5.75 Å². The van der Waals surface area contributed by atoms with Gasteiger partial charge in [-0.25, -0.2) is 0 Å². The van der Waals surface area contributed by atoms with Crippen molar-refractivity contribution in [2.24, 2.45) is 0 Å². The Labute approximate surface area is 393 Å². The summed E-state index contributed by atoms with van der Waals surface area (Å²) in [6.45, 7) is 15.0. The Morgan fingerprint density at radius 2 is 0.734 bits per heavy atom. The highest BCUT2D eigenvalue weighted by Gasteiger charge is 2.24. The van der Waals surface area contributed by atoms with Crippen LogP contribution in [0.2, 0.25) is 0 Å². The van der Waals surface area contributed by atoms with Crippen molar-refractivity contribution in [3.05, 3.63) is 119 Å². The van der Waals surface area contributed by atoms with Crippen molar-refractivity contribution < 1.29 is 27.9 Å². The number of para-hydroxylation sites is 3. The molecule has 2 N–H and O–H groups in total. The molecule has 0 aromatic heterocycles. The molecule has 0 atom stereocenters. The second-order valence-corrected chi connectivity index (χ2v) is 20.2. The van der Waals surface area contributed by atoms with Gasteiger partial charge >= 0.3 is 17.2 Å². The van der Waals surface area contributed by atoms with Crippen LogP contribution in [-0.4, -0.2) is 9.79 Å². The molecule has 0 aliphatic heterocycles. The van der Waals surface area contributed by atoms with E-state index in [1.54, 1.807) is 6.07 Å². The third-order valence-electron chi connectivity index (χ3n) is 11.7. The van der Waals surface area contributed by atoms with Gasteiger partial charge in [0.2, 0.25) is 0 Å². The number of benzene rings is 4. The molecule has 0 saturated heterocycles. The van der Waals surface area contributed by atoms with Gasteiger partial charge in [0.1, 0.15) is 23.0 Å². The van der Waals surface area contributed by atoms with Crippen LogP contribution in [0.15, 0.2) is 91.0 Å². The Bertz CT molecular complexity index is 1640. The Kier molecular flexibility index (Phi) is 28.8. The highest BCUT2D eigenvalue weighted by molar-refractivity contribution is 7.43. The third-order valence-corrected chi connectivity index (χ3v) is 13.1. The number of hydrogen-bond acceptors (Lipinski definition) is 6. The van der Waals surface area contributed by atoms with Gasteiger partial charge in [-0.15, -0.1) is 0 Å². The molecular formula is C56H86O6P2. The highest BCUT2D eigenvalue weighted by Crippen LogP contribution is 2.45. The summed E-state index contributed by atoms with van der Waals surface area (Å²) in [5.74, 6) is 3.19. The summed E-state index contributed by atoms with van der Waals surface area (Å²) in [6, 6.07) is 31.2. The van der Waals surface area contributed by atoms with Gasteiger partial charge in [0, 0.05) is 5.56 Å². The van der Waals surface area contributed by atoms with Gasteiger partial charge in [0.15, 0.2) is 0 Å². The van der Waals surface area contributed by atoms with Gasteiger partial charge in [-0.3, -0.25) is 0 Å². The lowest BCUT2D eigenvalue weighted by Crippen LogP contribution is -2.12. The summed E-state index contributed by atoms with van der Waals surface area (Å²) in [4.78, 5) is 17.7. The van der Waals surface area contributed by atoms with E-state index in [-0.39, 0.29) is 5.41 Å². The van der Waals surface area contributed by atoms with Crippen molar-refractivity contribution in [3.8, 4) is 23.0 Å². The summed E-state index contributed by atoms with van der Waals surface area (Å²) < 4.78 is 25.3. The van der Waals surface area contributed by atoms with E-state index in [9.17, 15) is 0 Å². The molecule has 4 aromatic carbocycles. The number of hydrogen-bond donors (Lipinski definition) is 2. The second-order valence-electron chi connectivity index (χ2n) is 18.5. The van der Waals surface area contributed by atoms with Crippen molar-refractivity contribution in [3.63, 3.8) is 0 Å². The van der Waals surface area contributed by atoms with Gasteiger partial charge < -0.3 is 27.9 Å². The standard InChI is InChI=1S/C45H69O3P.C11H17O3P/c1-4-7-10-13-16-19-22-31-40-34-25-28-37-43(40)46-49(47-44-38-29-26-35-41(44)32-23-20-17-14-11-8-5-2)48-45-39-30-27-36-42(45)33-24-21-18-15-12-9-6-3;1-8-5-6-10(14-15(12)13)9(7-8)11(2,3)4/h25-30,34-39H,4-24,31-33H2,1-3H3;5-7,12-13H,1-4H3. The van der Waals surface area contributed by atoms with Crippen LogP contribution in [0.4, 0.5) is 0 Å². The smallest absolute Gasteiger partial charge is 0.427 e. The minimum atomic E-state index is -2.35. The molecule has 4 rings (SSSR count). The molecule has 0 aliphatic rings. The van der Waals surface area contributed by atoms with E-state index >= 15 is 0 Å². The summed E-state index contributed by atoms with van der Waals surface area (Å²) in [5, 5.41) is 0. The number of aryl methyl sites for hydroxylation is 4. The molecule has 0 amide bonds. The van der Waals surface area contributed by atoms with E-state index in [1.807, 2.05) is 19.1 Å². The maximum Gasteiger partial charge on any atom is 0.530 e. The SMILES string of the molecule is CCCCCCCCCc1ccccc1OP(Oc1ccccc1CCCCCCCCC)Oc1ccccc1CCCCCCCCC.Cc1ccc(OP(O)O)c(C(C)(C)C)c1. The Balaban J connectivity index is 0.000000612. The van der Waals surface area contributed by atoms with Crippen molar-refractivity contribution in [2.45, 2.75) is 208 Å². The van der Waals surface area contributed by atoms with E-state index < -0.39 is 17.2 Å². The van der Waals surface area contributed by atoms with Crippen molar-refractivity contribution in [1.29, 1.82) is 0 Å². The van der Waals surface area contributed by atoms with Crippen LogP contribution in [0.3, 0.4) is 0 Å². The first kappa shape index (κ1) is 55.2. The molecule has 0 spiro atoms. The molecule has 0 radical (unpaired) electrons. The lowest BCUT2D eigenvalue weighted by Gasteiger charge is -2.23. The largest absolute Gasteiger partial charge is 0.530 e. The molecule has 6 nitrogen and oxygen atoms in total. The van der Waals surface area contributed by atoms with Crippen LogP contribution in [0.5, 0.6) is 23.0 Å². The normalized spacial score (nSPS) is 11.4. The summed E-state index contributed by atoms with van der Waals surface area (Å²) in [7, 11) is -4.07. The van der Waals surface area contributed by atoms with Gasteiger partial charge in [0.05, 0.1) is 0 Å². The molecule has 8 heteroatoms. The van der Waals surface area contributed by atoms with E-state index in [1.165, 1.54) is 152 Å². The molecule has 0 fully saturated rings. The Morgan fingerprint density at radius 1 is 0.406 bits per heavy atom.